The minimum atomic E-state index is -4.20. The lowest BCUT2D eigenvalue weighted by Crippen LogP contribution is -2.11. The van der Waals surface area contributed by atoms with Crippen molar-refractivity contribution in [1.82, 2.24) is 15.0 Å². The third-order valence-corrected chi connectivity index (χ3v) is 1.73. The predicted octanol–water partition coefficient (Wildman–Crippen LogP) is 2.06. The van der Waals surface area contributed by atoms with Gasteiger partial charge >= 0.3 is 6.18 Å². The summed E-state index contributed by atoms with van der Waals surface area (Å²) in [4.78, 5) is 10.3. The summed E-state index contributed by atoms with van der Waals surface area (Å²) in [5, 5.41) is 0. The Kier molecular flexibility index (Phi) is 1.90. The molecular weight excluding hydrogens is 195 g/mol. The Morgan fingerprint density at radius 1 is 1.29 bits per heavy atom. The van der Waals surface area contributed by atoms with Gasteiger partial charge in [-0.05, 0) is 11.6 Å². The Balaban J connectivity index is 2.35. The van der Waals surface area contributed by atoms with E-state index in [-0.39, 0.29) is 5.56 Å². The molecule has 14 heavy (non-hydrogen) atoms. The lowest BCUT2D eigenvalue weighted by Gasteiger charge is -2.04. The van der Waals surface area contributed by atoms with E-state index in [1.165, 1.54) is 18.6 Å². The van der Waals surface area contributed by atoms with Crippen LogP contribution in [-0.2, 0) is 6.42 Å². The van der Waals surface area contributed by atoms with Crippen molar-refractivity contribution in [3.63, 3.8) is 0 Å². The number of aromatic nitrogens is 3. The number of alkyl halides is 3. The molecule has 0 fully saturated rings. The minimum absolute atomic E-state index is 0.134. The Bertz CT molecular complexity index is 446. The highest BCUT2D eigenvalue weighted by molar-refractivity contribution is 5.70. The van der Waals surface area contributed by atoms with Crippen molar-refractivity contribution in [2.24, 2.45) is 0 Å². The number of nitrogens with one attached hydrogen (secondary N) is 1. The maximum absolute atomic E-state index is 12.0. The van der Waals surface area contributed by atoms with Crippen molar-refractivity contribution in [1.29, 1.82) is 0 Å². The topological polar surface area (TPSA) is 41.6 Å². The second-order valence-corrected chi connectivity index (χ2v) is 2.91. The van der Waals surface area contributed by atoms with Crippen LogP contribution in [0.5, 0.6) is 0 Å². The van der Waals surface area contributed by atoms with E-state index in [4.69, 9.17) is 0 Å². The number of halogens is 3. The Morgan fingerprint density at radius 2 is 2.07 bits per heavy atom. The van der Waals surface area contributed by atoms with Crippen LogP contribution in [-0.4, -0.2) is 21.1 Å². The van der Waals surface area contributed by atoms with E-state index in [1.54, 1.807) is 0 Å². The fourth-order valence-corrected chi connectivity index (χ4v) is 1.20. The lowest BCUT2D eigenvalue weighted by atomic mass is 10.2. The normalized spacial score (nSPS) is 12.2. The highest BCUT2D eigenvalue weighted by Crippen LogP contribution is 2.21. The number of hydrogen-bond acceptors (Lipinski definition) is 2. The molecule has 0 saturated heterocycles. The number of rotatable bonds is 1. The van der Waals surface area contributed by atoms with Gasteiger partial charge in [0.15, 0.2) is 5.65 Å². The van der Waals surface area contributed by atoms with Crippen LogP contribution < -0.4 is 0 Å². The van der Waals surface area contributed by atoms with Crippen LogP contribution in [0, 0.1) is 0 Å². The van der Waals surface area contributed by atoms with E-state index in [9.17, 15) is 13.2 Å². The van der Waals surface area contributed by atoms with Gasteiger partial charge in [0.2, 0.25) is 0 Å². The van der Waals surface area contributed by atoms with E-state index in [0.29, 0.717) is 11.2 Å². The highest BCUT2D eigenvalue weighted by atomic mass is 19.4. The number of pyridine rings is 1. The molecule has 0 unspecified atom stereocenters. The third kappa shape index (κ3) is 1.84. The SMILES string of the molecule is FC(F)(F)Cc1cnc2nc[nH]c2c1. The first kappa shape index (κ1) is 8.98. The molecule has 1 N–H and O–H groups in total. The number of nitrogens with zero attached hydrogens (tertiary/aromatic N) is 2. The minimum Gasteiger partial charge on any atom is -0.343 e. The molecule has 2 aromatic rings. The third-order valence-electron chi connectivity index (χ3n) is 1.73. The monoisotopic (exact) mass is 201 g/mol. The van der Waals surface area contributed by atoms with Gasteiger partial charge in [0, 0.05) is 6.20 Å². The Morgan fingerprint density at radius 3 is 2.79 bits per heavy atom. The number of imidazole rings is 1. The molecule has 0 aliphatic rings. The molecule has 74 valence electrons. The van der Waals surface area contributed by atoms with E-state index in [1.807, 2.05) is 0 Å². The van der Waals surface area contributed by atoms with E-state index in [0.717, 1.165) is 0 Å². The van der Waals surface area contributed by atoms with Crippen LogP contribution in [0.4, 0.5) is 13.2 Å². The molecule has 2 rings (SSSR count). The molecular formula is C8H6F3N3. The quantitative estimate of drug-likeness (QED) is 0.767. The zero-order valence-corrected chi connectivity index (χ0v) is 6.97. The number of aromatic amines is 1. The van der Waals surface area contributed by atoms with Crippen molar-refractivity contribution in [3.8, 4) is 0 Å². The summed E-state index contributed by atoms with van der Waals surface area (Å²) in [6.45, 7) is 0. The molecule has 0 aliphatic carbocycles. The molecule has 0 amide bonds. The first-order valence-corrected chi connectivity index (χ1v) is 3.89. The van der Waals surface area contributed by atoms with Crippen molar-refractivity contribution in [2.45, 2.75) is 12.6 Å². The molecule has 6 heteroatoms. The van der Waals surface area contributed by atoms with Crippen LogP contribution >= 0.6 is 0 Å². The first-order chi connectivity index (χ1) is 6.54. The summed E-state index contributed by atoms with van der Waals surface area (Å²) in [6.07, 6.45) is -2.57. The van der Waals surface area contributed by atoms with Gasteiger partial charge in [0.25, 0.3) is 0 Å². The van der Waals surface area contributed by atoms with Gasteiger partial charge in [-0.1, -0.05) is 0 Å². The molecule has 2 heterocycles. The number of hydrogen-bond donors (Lipinski definition) is 1. The Labute approximate surface area is 77.0 Å². The zero-order valence-electron chi connectivity index (χ0n) is 6.97. The maximum Gasteiger partial charge on any atom is 0.393 e. The molecule has 0 atom stereocenters. The van der Waals surface area contributed by atoms with Gasteiger partial charge in [-0.3, -0.25) is 0 Å². The van der Waals surface area contributed by atoms with Crippen LogP contribution in [0.1, 0.15) is 5.56 Å². The average molecular weight is 201 g/mol. The van der Waals surface area contributed by atoms with Crippen LogP contribution in [0.3, 0.4) is 0 Å². The van der Waals surface area contributed by atoms with Gasteiger partial charge < -0.3 is 4.98 Å². The summed E-state index contributed by atoms with van der Waals surface area (Å²) in [7, 11) is 0. The molecule has 3 nitrogen and oxygen atoms in total. The Hall–Kier alpha value is -1.59. The highest BCUT2D eigenvalue weighted by Gasteiger charge is 2.27. The van der Waals surface area contributed by atoms with Crippen molar-refractivity contribution >= 4 is 11.2 Å². The first-order valence-electron chi connectivity index (χ1n) is 3.89. The predicted molar refractivity (Wildman–Crippen MR) is 43.6 cm³/mol. The van der Waals surface area contributed by atoms with E-state index in [2.05, 4.69) is 15.0 Å². The van der Waals surface area contributed by atoms with Gasteiger partial charge in [-0.15, -0.1) is 0 Å². The van der Waals surface area contributed by atoms with Crippen LogP contribution in [0.2, 0.25) is 0 Å². The van der Waals surface area contributed by atoms with Crippen molar-refractivity contribution in [3.05, 3.63) is 24.2 Å². The van der Waals surface area contributed by atoms with Gasteiger partial charge in [-0.25, -0.2) is 9.97 Å². The standard InChI is InChI=1S/C8H6F3N3/c9-8(10,11)2-5-1-6-7(12-3-5)14-4-13-6/h1,3-4H,2H2,(H,12,13,14). The second kappa shape index (κ2) is 2.97. The molecule has 2 aromatic heterocycles. The van der Waals surface area contributed by atoms with Gasteiger partial charge in [0.05, 0.1) is 18.3 Å². The summed E-state index contributed by atoms with van der Waals surface area (Å²) < 4.78 is 36.0. The van der Waals surface area contributed by atoms with Crippen LogP contribution in [0.25, 0.3) is 11.2 Å². The molecule has 0 saturated carbocycles. The molecule has 0 radical (unpaired) electrons. The summed E-state index contributed by atoms with van der Waals surface area (Å²) in [5.41, 5.74) is 1.08. The maximum atomic E-state index is 12.0. The molecule has 0 aromatic carbocycles. The van der Waals surface area contributed by atoms with Crippen molar-refractivity contribution in [2.75, 3.05) is 0 Å². The van der Waals surface area contributed by atoms with Gasteiger partial charge in [0.1, 0.15) is 0 Å². The van der Waals surface area contributed by atoms with E-state index >= 15 is 0 Å². The van der Waals surface area contributed by atoms with E-state index < -0.39 is 12.6 Å². The zero-order chi connectivity index (χ0) is 10.2. The summed E-state index contributed by atoms with van der Waals surface area (Å²) in [5.74, 6) is 0. The fraction of sp³-hybridized carbons (Fsp3) is 0.250. The number of H-pyrrole nitrogens is 1. The van der Waals surface area contributed by atoms with Crippen molar-refractivity contribution < 1.29 is 13.2 Å². The van der Waals surface area contributed by atoms with Crippen LogP contribution in [0.15, 0.2) is 18.6 Å². The fourth-order valence-electron chi connectivity index (χ4n) is 1.20. The average Bonchev–Trinajstić information content (AvgIpc) is 2.47. The largest absolute Gasteiger partial charge is 0.393 e. The lowest BCUT2D eigenvalue weighted by molar-refractivity contribution is -0.127. The number of fused-ring (bicyclic) bond motifs is 1. The summed E-state index contributed by atoms with van der Waals surface area (Å²) in [6, 6.07) is 1.41. The molecule has 0 spiro atoms. The smallest absolute Gasteiger partial charge is 0.343 e. The molecule has 0 aliphatic heterocycles. The molecule has 0 bridgehead atoms. The summed E-state index contributed by atoms with van der Waals surface area (Å²) >= 11 is 0. The second-order valence-electron chi connectivity index (χ2n) is 2.91. The van der Waals surface area contributed by atoms with Gasteiger partial charge in [-0.2, -0.15) is 13.2 Å².